The van der Waals surface area contributed by atoms with Crippen LogP contribution in [0.3, 0.4) is 0 Å². The fourth-order valence-corrected chi connectivity index (χ4v) is 5.76. The number of hydrogen-bond donors (Lipinski definition) is 0. The lowest BCUT2D eigenvalue weighted by Gasteiger charge is -2.50. The van der Waals surface area contributed by atoms with Crippen molar-refractivity contribution in [1.82, 2.24) is 0 Å². The van der Waals surface area contributed by atoms with Gasteiger partial charge in [0.1, 0.15) is 12.2 Å². The van der Waals surface area contributed by atoms with E-state index in [2.05, 4.69) is 0 Å². The van der Waals surface area contributed by atoms with E-state index in [1.807, 2.05) is 56.3 Å². The number of Topliss-reactive ketones (excluding diaryl/α,β-unsaturated/α-hetero) is 1. The number of esters is 2. The molecule has 8 nitrogen and oxygen atoms in total. The summed E-state index contributed by atoms with van der Waals surface area (Å²) >= 11 is 0. The molecule has 0 saturated carbocycles. The second kappa shape index (κ2) is 9.84. The number of hydrogen-bond acceptors (Lipinski definition) is 8. The fourth-order valence-electron chi connectivity index (χ4n) is 5.76. The Morgan fingerprint density at radius 2 is 1.59 bits per heavy atom. The van der Waals surface area contributed by atoms with Gasteiger partial charge >= 0.3 is 11.9 Å². The van der Waals surface area contributed by atoms with Crippen LogP contribution in [-0.2, 0) is 45.7 Å². The molecule has 208 valence electrons. The number of ketones is 1. The predicted octanol–water partition coefficient (Wildman–Crippen LogP) is 4.59. The lowest BCUT2D eigenvalue weighted by molar-refractivity contribution is -0.336. The van der Waals surface area contributed by atoms with E-state index < -0.39 is 47.2 Å². The minimum atomic E-state index is -1.90. The van der Waals surface area contributed by atoms with Crippen molar-refractivity contribution in [1.29, 1.82) is 0 Å². The smallest absolute Gasteiger partial charge is 0.340 e. The first-order valence-electron chi connectivity index (χ1n) is 13.4. The van der Waals surface area contributed by atoms with Crippen LogP contribution in [0.4, 0.5) is 0 Å². The van der Waals surface area contributed by atoms with Gasteiger partial charge in [0.15, 0.2) is 11.4 Å². The van der Waals surface area contributed by atoms with Gasteiger partial charge in [0.2, 0.25) is 5.79 Å². The molecule has 2 saturated heterocycles. The maximum Gasteiger partial charge on any atom is 0.340 e. The maximum atomic E-state index is 14.2. The summed E-state index contributed by atoms with van der Waals surface area (Å²) in [5, 5.41) is 0. The highest BCUT2D eigenvalue weighted by Gasteiger charge is 2.69. The highest BCUT2D eigenvalue weighted by molar-refractivity contribution is 6.06. The lowest BCUT2D eigenvalue weighted by Crippen LogP contribution is -2.60. The van der Waals surface area contributed by atoms with E-state index in [0.717, 1.165) is 5.56 Å². The number of rotatable bonds is 5. The molecule has 0 bridgehead atoms. The van der Waals surface area contributed by atoms with E-state index in [-0.39, 0.29) is 24.4 Å². The zero-order chi connectivity index (χ0) is 28.1. The summed E-state index contributed by atoms with van der Waals surface area (Å²) in [6, 6.07) is 16.3. The van der Waals surface area contributed by atoms with E-state index in [4.69, 9.17) is 23.7 Å². The Hall–Kier alpha value is -3.07. The maximum absolute atomic E-state index is 14.2. The minimum absolute atomic E-state index is 0.0333. The van der Waals surface area contributed by atoms with Crippen molar-refractivity contribution in [2.75, 3.05) is 19.8 Å². The Bertz CT molecular complexity index is 1250. The van der Waals surface area contributed by atoms with Gasteiger partial charge in [-0.05, 0) is 26.3 Å². The highest BCUT2D eigenvalue weighted by atomic mass is 16.7. The van der Waals surface area contributed by atoms with Crippen LogP contribution in [0.5, 0.6) is 0 Å². The number of carbonyl (C=O) groups is 3. The van der Waals surface area contributed by atoms with Gasteiger partial charge in [0.05, 0.1) is 38.1 Å². The molecule has 2 aromatic rings. The zero-order valence-corrected chi connectivity index (χ0v) is 23.2. The molecule has 0 amide bonds. The first-order chi connectivity index (χ1) is 18.4. The van der Waals surface area contributed by atoms with Crippen molar-refractivity contribution in [3.63, 3.8) is 0 Å². The molecule has 1 aliphatic carbocycles. The Kier molecular flexibility index (Phi) is 6.94. The van der Waals surface area contributed by atoms with Crippen molar-refractivity contribution < 1.29 is 38.1 Å². The summed E-state index contributed by atoms with van der Waals surface area (Å²) in [7, 11) is 0. The third-order valence-electron chi connectivity index (χ3n) is 7.50. The molecule has 8 heteroatoms. The van der Waals surface area contributed by atoms with Gasteiger partial charge in [-0.15, -0.1) is 0 Å². The molecular weight excluding hydrogens is 500 g/mol. The summed E-state index contributed by atoms with van der Waals surface area (Å²) in [6.07, 6.45) is -0.478. The van der Waals surface area contributed by atoms with Crippen LogP contribution in [0, 0.1) is 17.3 Å². The first-order valence-corrected chi connectivity index (χ1v) is 13.4. The predicted molar refractivity (Wildman–Crippen MR) is 140 cm³/mol. The Morgan fingerprint density at radius 3 is 2.26 bits per heavy atom. The summed E-state index contributed by atoms with van der Waals surface area (Å²) < 4.78 is 30.5. The molecule has 0 radical (unpaired) electrons. The van der Waals surface area contributed by atoms with Gasteiger partial charge in [-0.25, -0.2) is 4.79 Å². The molecule has 2 heterocycles. The van der Waals surface area contributed by atoms with Gasteiger partial charge < -0.3 is 23.7 Å². The van der Waals surface area contributed by atoms with E-state index >= 15 is 0 Å². The Morgan fingerprint density at radius 1 is 0.949 bits per heavy atom. The van der Waals surface area contributed by atoms with Crippen LogP contribution in [0.1, 0.15) is 62.5 Å². The van der Waals surface area contributed by atoms with E-state index in [1.165, 1.54) is 0 Å². The average Bonchev–Trinajstić information content (AvgIpc) is 3.27. The first kappa shape index (κ1) is 27.5. The molecule has 2 aromatic carbocycles. The van der Waals surface area contributed by atoms with Crippen molar-refractivity contribution in [2.45, 2.75) is 64.6 Å². The molecule has 0 aromatic heterocycles. The average molecular weight is 537 g/mol. The number of benzene rings is 2. The van der Waals surface area contributed by atoms with Gasteiger partial charge in [0, 0.05) is 16.5 Å². The lowest BCUT2D eigenvalue weighted by atomic mass is 9.65. The SMILES string of the molecule is CC1(C)COC2(OC1)c1ccccc1C(=O)[C@@H]1[C@H]2CO[C@]1(CC(=O)OC(C)(C)C)C(=O)OCc1ccccc1. The summed E-state index contributed by atoms with van der Waals surface area (Å²) in [5.41, 5.74) is -1.17. The summed E-state index contributed by atoms with van der Waals surface area (Å²) in [6.45, 7) is 10.0. The molecule has 3 atom stereocenters. The van der Waals surface area contributed by atoms with Crippen molar-refractivity contribution in [2.24, 2.45) is 17.3 Å². The minimum Gasteiger partial charge on any atom is -0.460 e. The van der Waals surface area contributed by atoms with Crippen LogP contribution in [0.15, 0.2) is 54.6 Å². The zero-order valence-electron chi connectivity index (χ0n) is 23.2. The van der Waals surface area contributed by atoms with Crippen LogP contribution in [-0.4, -0.2) is 48.7 Å². The van der Waals surface area contributed by atoms with Crippen molar-refractivity contribution in [3.8, 4) is 0 Å². The summed E-state index contributed by atoms with van der Waals surface area (Å²) in [4.78, 5) is 41.3. The number of carbonyl (C=O) groups excluding carboxylic acids is 3. The second-order valence-electron chi connectivity index (χ2n) is 12.4. The number of fused-ring (bicyclic) bond motifs is 4. The topological polar surface area (TPSA) is 97.4 Å². The molecular formula is C31H36O8. The largest absolute Gasteiger partial charge is 0.460 e. The van der Waals surface area contributed by atoms with Gasteiger partial charge in [-0.2, -0.15) is 0 Å². The molecule has 5 rings (SSSR count). The van der Waals surface area contributed by atoms with Crippen LogP contribution in [0.2, 0.25) is 0 Å². The van der Waals surface area contributed by atoms with Gasteiger partial charge in [-0.1, -0.05) is 68.4 Å². The number of ether oxygens (including phenoxy) is 5. The molecule has 1 spiro atoms. The van der Waals surface area contributed by atoms with E-state index in [1.54, 1.807) is 32.9 Å². The Balaban J connectivity index is 1.57. The monoisotopic (exact) mass is 536 g/mol. The third-order valence-corrected chi connectivity index (χ3v) is 7.50. The molecule has 0 N–H and O–H groups in total. The third kappa shape index (κ3) is 5.01. The fraction of sp³-hybridized carbons (Fsp3) is 0.516. The molecule has 39 heavy (non-hydrogen) atoms. The summed E-state index contributed by atoms with van der Waals surface area (Å²) in [5.74, 6) is -4.82. The molecule has 3 aliphatic rings. The quantitative estimate of drug-likeness (QED) is 0.512. The van der Waals surface area contributed by atoms with E-state index in [9.17, 15) is 14.4 Å². The van der Waals surface area contributed by atoms with Gasteiger partial charge in [0.25, 0.3) is 0 Å². The van der Waals surface area contributed by atoms with Crippen molar-refractivity contribution in [3.05, 3.63) is 71.3 Å². The molecule has 0 unspecified atom stereocenters. The van der Waals surface area contributed by atoms with Crippen molar-refractivity contribution >= 4 is 17.7 Å². The van der Waals surface area contributed by atoms with Crippen LogP contribution >= 0.6 is 0 Å². The van der Waals surface area contributed by atoms with Crippen LogP contribution in [0.25, 0.3) is 0 Å². The van der Waals surface area contributed by atoms with Gasteiger partial charge in [-0.3, -0.25) is 9.59 Å². The Labute approximate surface area is 228 Å². The standard InChI is InChI=1S/C31H36O8/c1-28(2,3)39-24(32)15-30(27(34)35-16-20-11-7-6-8-12-20)25-23(17-36-30)31(37-18-29(4,5)19-38-31)22-14-10-9-13-21(22)26(25)33/h6-14,23,25H,15-19H2,1-5H3/t23-,25+,30+/m1/s1. The molecule has 2 fully saturated rings. The molecule has 2 aliphatic heterocycles. The normalized spacial score (nSPS) is 26.9. The second-order valence-corrected chi connectivity index (χ2v) is 12.4. The van der Waals surface area contributed by atoms with E-state index in [0.29, 0.717) is 24.3 Å². The van der Waals surface area contributed by atoms with Crippen LogP contribution < -0.4 is 0 Å². The highest BCUT2D eigenvalue weighted by Crippen LogP contribution is 2.57.